The average Bonchev–Trinajstić information content (AvgIpc) is 2.59. The molecule has 1 fully saturated rings. The third kappa shape index (κ3) is 0.753. The van der Waals surface area contributed by atoms with Crippen LogP contribution in [0.3, 0.4) is 0 Å². The zero-order chi connectivity index (χ0) is 9.15. The first-order valence-corrected chi connectivity index (χ1v) is 4.02. The molecule has 0 aromatic rings. The molecular weight excluding hydrogens is 156 g/mol. The first-order valence-electron chi connectivity index (χ1n) is 4.02. The van der Waals surface area contributed by atoms with E-state index in [-0.39, 0.29) is 11.9 Å². The molecule has 2 aliphatic rings. The van der Waals surface area contributed by atoms with Gasteiger partial charge in [0.1, 0.15) is 11.7 Å². The van der Waals surface area contributed by atoms with E-state index in [0.29, 0.717) is 5.57 Å². The summed E-state index contributed by atoms with van der Waals surface area (Å²) in [7, 11) is 0. The normalized spacial score (nSPS) is 51.5. The highest BCUT2D eigenvalue weighted by atomic mass is 16.6. The monoisotopic (exact) mass is 168 g/mol. The summed E-state index contributed by atoms with van der Waals surface area (Å²) in [5, 5.41) is 9.77. The Morgan fingerprint density at radius 3 is 2.75 bits per heavy atom. The number of aliphatic hydroxyl groups is 1. The van der Waals surface area contributed by atoms with Crippen LogP contribution in [-0.2, 0) is 9.53 Å². The van der Waals surface area contributed by atoms with Gasteiger partial charge in [-0.3, -0.25) is 4.79 Å². The van der Waals surface area contributed by atoms with Crippen LogP contribution in [0.15, 0.2) is 11.6 Å². The lowest BCUT2D eigenvalue weighted by Crippen LogP contribution is -2.46. The second-order valence-corrected chi connectivity index (χ2v) is 3.99. The average molecular weight is 168 g/mol. The molecule has 1 saturated heterocycles. The van der Waals surface area contributed by atoms with Crippen LogP contribution in [0.2, 0.25) is 0 Å². The van der Waals surface area contributed by atoms with Crippen molar-refractivity contribution in [3.05, 3.63) is 11.6 Å². The van der Waals surface area contributed by atoms with Crippen molar-refractivity contribution in [2.24, 2.45) is 0 Å². The maximum atomic E-state index is 11.4. The van der Waals surface area contributed by atoms with E-state index in [1.54, 1.807) is 13.0 Å². The molecule has 0 spiro atoms. The first kappa shape index (κ1) is 7.95. The van der Waals surface area contributed by atoms with Gasteiger partial charge in [0, 0.05) is 0 Å². The molecule has 12 heavy (non-hydrogen) atoms. The van der Waals surface area contributed by atoms with Gasteiger partial charge in [-0.15, -0.1) is 0 Å². The summed E-state index contributed by atoms with van der Waals surface area (Å²) in [6.45, 7) is 5.10. The molecule has 2 rings (SSSR count). The van der Waals surface area contributed by atoms with Crippen LogP contribution >= 0.6 is 0 Å². The van der Waals surface area contributed by atoms with Crippen LogP contribution in [0.1, 0.15) is 20.8 Å². The summed E-state index contributed by atoms with van der Waals surface area (Å²) in [6.07, 6.45) is 1.44. The standard InChI is InChI=1S/C9H12O3/c1-5-4-8(2)7(12-8)9(3,11)6(5)10/h4,7,11H,1-3H3/t7-,8-,9+/m1/s1. The van der Waals surface area contributed by atoms with Crippen LogP contribution in [0.4, 0.5) is 0 Å². The number of fused-ring (bicyclic) bond motifs is 1. The van der Waals surface area contributed by atoms with E-state index in [1.807, 2.05) is 6.92 Å². The minimum atomic E-state index is -1.33. The molecule has 0 aromatic heterocycles. The van der Waals surface area contributed by atoms with E-state index in [2.05, 4.69) is 0 Å². The fraction of sp³-hybridized carbons (Fsp3) is 0.667. The van der Waals surface area contributed by atoms with Crippen LogP contribution in [-0.4, -0.2) is 28.2 Å². The Bertz CT molecular complexity index is 290. The summed E-state index contributed by atoms with van der Waals surface area (Å²) in [5.74, 6) is -0.220. The molecule has 0 aromatic carbocycles. The molecule has 3 nitrogen and oxygen atoms in total. The van der Waals surface area contributed by atoms with Crippen LogP contribution in [0.5, 0.6) is 0 Å². The molecule has 1 aliphatic heterocycles. The lowest BCUT2D eigenvalue weighted by Gasteiger charge is -2.24. The van der Waals surface area contributed by atoms with Crippen molar-refractivity contribution in [3.8, 4) is 0 Å². The second kappa shape index (κ2) is 1.80. The second-order valence-electron chi connectivity index (χ2n) is 3.99. The molecule has 0 radical (unpaired) electrons. The summed E-state index contributed by atoms with van der Waals surface area (Å²) in [6, 6.07) is 0. The number of carbonyl (C=O) groups excluding carboxylic acids is 1. The summed E-state index contributed by atoms with van der Waals surface area (Å²) in [4.78, 5) is 11.4. The van der Waals surface area contributed by atoms with Gasteiger partial charge in [0.15, 0.2) is 11.4 Å². The van der Waals surface area contributed by atoms with Crippen molar-refractivity contribution < 1.29 is 14.6 Å². The van der Waals surface area contributed by atoms with Crippen molar-refractivity contribution in [1.82, 2.24) is 0 Å². The van der Waals surface area contributed by atoms with Crippen molar-refractivity contribution in [1.29, 1.82) is 0 Å². The van der Waals surface area contributed by atoms with Crippen molar-refractivity contribution in [3.63, 3.8) is 0 Å². The fourth-order valence-corrected chi connectivity index (χ4v) is 2.02. The number of ether oxygens (including phenoxy) is 1. The van der Waals surface area contributed by atoms with Gasteiger partial charge in [0.2, 0.25) is 0 Å². The lowest BCUT2D eigenvalue weighted by atomic mass is 9.80. The molecule has 0 bridgehead atoms. The van der Waals surface area contributed by atoms with E-state index in [4.69, 9.17) is 4.74 Å². The zero-order valence-corrected chi connectivity index (χ0v) is 7.42. The maximum absolute atomic E-state index is 11.4. The molecule has 3 heteroatoms. The smallest absolute Gasteiger partial charge is 0.192 e. The van der Waals surface area contributed by atoms with E-state index in [0.717, 1.165) is 0 Å². The lowest BCUT2D eigenvalue weighted by molar-refractivity contribution is -0.133. The van der Waals surface area contributed by atoms with Gasteiger partial charge < -0.3 is 9.84 Å². The first-order chi connectivity index (χ1) is 5.38. The predicted molar refractivity (Wildman–Crippen MR) is 42.7 cm³/mol. The highest BCUT2D eigenvalue weighted by Crippen LogP contribution is 2.48. The van der Waals surface area contributed by atoms with Gasteiger partial charge in [-0.05, 0) is 32.4 Å². The molecule has 66 valence electrons. The maximum Gasteiger partial charge on any atom is 0.192 e. The topological polar surface area (TPSA) is 49.8 Å². The van der Waals surface area contributed by atoms with E-state index in [1.165, 1.54) is 6.92 Å². The number of rotatable bonds is 0. The van der Waals surface area contributed by atoms with Crippen molar-refractivity contribution >= 4 is 5.78 Å². The van der Waals surface area contributed by atoms with Gasteiger partial charge in [0.25, 0.3) is 0 Å². The zero-order valence-electron chi connectivity index (χ0n) is 7.42. The van der Waals surface area contributed by atoms with Crippen LogP contribution in [0.25, 0.3) is 0 Å². The molecule has 0 amide bonds. The Labute approximate surface area is 71.0 Å². The quantitative estimate of drug-likeness (QED) is 0.533. The summed E-state index contributed by atoms with van der Waals surface area (Å²) in [5.41, 5.74) is -1.13. The molecule has 1 heterocycles. The van der Waals surface area contributed by atoms with Gasteiger partial charge in [-0.25, -0.2) is 0 Å². The highest BCUT2D eigenvalue weighted by Gasteiger charge is 2.65. The molecule has 0 saturated carbocycles. The van der Waals surface area contributed by atoms with Gasteiger partial charge >= 0.3 is 0 Å². The van der Waals surface area contributed by atoms with E-state index < -0.39 is 11.2 Å². The molecule has 0 unspecified atom stereocenters. The Kier molecular flexibility index (Phi) is 1.20. The Morgan fingerprint density at radius 2 is 2.17 bits per heavy atom. The highest BCUT2D eigenvalue weighted by molar-refractivity contribution is 6.03. The van der Waals surface area contributed by atoms with Crippen molar-refractivity contribution in [2.45, 2.75) is 38.1 Å². The number of Topliss-reactive ketones (excluding diaryl/α,β-unsaturated/α-hetero) is 1. The Morgan fingerprint density at radius 1 is 1.58 bits per heavy atom. The minimum Gasteiger partial charge on any atom is -0.379 e. The Balaban J connectivity index is 2.47. The SMILES string of the molecule is CC1=C[C@@]2(C)O[C@H]2[C@@](C)(O)C1=O. The number of hydrogen-bond donors (Lipinski definition) is 1. The minimum absolute atomic E-state index is 0.220. The van der Waals surface area contributed by atoms with Gasteiger partial charge in [0.05, 0.1) is 0 Å². The molecule has 1 aliphatic carbocycles. The van der Waals surface area contributed by atoms with Crippen LogP contribution < -0.4 is 0 Å². The third-order valence-corrected chi connectivity index (χ3v) is 2.67. The van der Waals surface area contributed by atoms with Gasteiger partial charge in [-0.2, -0.15) is 0 Å². The largest absolute Gasteiger partial charge is 0.379 e. The van der Waals surface area contributed by atoms with Crippen LogP contribution in [0, 0.1) is 0 Å². The van der Waals surface area contributed by atoms with Crippen molar-refractivity contribution in [2.75, 3.05) is 0 Å². The summed E-state index contributed by atoms with van der Waals surface area (Å²) >= 11 is 0. The molecular formula is C9H12O3. The fourth-order valence-electron chi connectivity index (χ4n) is 2.02. The van der Waals surface area contributed by atoms with E-state index >= 15 is 0 Å². The number of epoxide rings is 1. The number of ketones is 1. The van der Waals surface area contributed by atoms with Gasteiger partial charge in [-0.1, -0.05) is 0 Å². The van der Waals surface area contributed by atoms with E-state index in [9.17, 15) is 9.90 Å². The number of carbonyl (C=O) groups is 1. The Hall–Kier alpha value is -0.670. The predicted octanol–water partition coefficient (Wildman–Crippen LogP) is 0.424. The summed E-state index contributed by atoms with van der Waals surface area (Å²) < 4.78 is 5.27. The molecule has 3 atom stereocenters. The third-order valence-electron chi connectivity index (χ3n) is 2.67. The number of hydrogen-bond acceptors (Lipinski definition) is 3. The molecule has 1 N–H and O–H groups in total.